The van der Waals surface area contributed by atoms with E-state index < -0.39 is 11.4 Å². The SMILES string of the molecule is CC(C)C1=CC2=CC[C@H]3[C@](C)(CCC[C@@]3(C)C(=O)O)[C@H]2CC1. The summed E-state index contributed by atoms with van der Waals surface area (Å²) < 4.78 is 0. The van der Waals surface area contributed by atoms with E-state index in [4.69, 9.17) is 0 Å². The van der Waals surface area contributed by atoms with Crippen LogP contribution in [0.4, 0.5) is 0 Å². The number of carbonyl (C=O) groups is 1. The molecule has 0 spiro atoms. The van der Waals surface area contributed by atoms with Gasteiger partial charge in [0, 0.05) is 0 Å². The molecule has 3 aliphatic rings. The fraction of sp³-hybridized carbons (Fsp3) is 0.750. The van der Waals surface area contributed by atoms with Gasteiger partial charge in [-0.25, -0.2) is 0 Å². The van der Waals surface area contributed by atoms with Crippen molar-refractivity contribution in [2.24, 2.45) is 28.6 Å². The predicted molar refractivity (Wildman–Crippen MR) is 89.5 cm³/mol. The van der Waals surface area contributed by atoms with E-state index in [2.05, 4.69) is 32.9 Å². The molecule has 1 N–H and O–H groups in total. The van der Waals surface area contributed by atoms with Gasteiger partial charge in [0.05, 0.1) is 5.41 Å². The van der Waals surface area contributed by atoms with Crippen molar-refractivity contribution in [1.82, 2.24) is 0 Å². The predicted octanol–water partition coefficient (Wildman–Crippen LogP) is 5.21. The van der Waals surface area contributed by atoms with Crippen molar-refractivity contribution in [3.8, 4) is 0 Å². The molecule has 2 nitrogen and oxygen atoms in total. The quantitative estimate of drug-likeness (QED) is 0.760. The van der Waals surface area contributed by atoms with Gasteiger partial charge < -0.3 is 5.11 Å². The van der Waals surface area contributed by atoms with Crippen LogP contribution in [0.15, 0.2) is 23.3 Å². The van der Waals surface area contributed by atoms with Gasteiger partial charge in [0.1, 0.15) is 0 Å². The molecule has 0 saturated heterocycles. The Morgan fingerprint density at radius 2 is 2.05 bits per heavy atom. The Bertz CT molecular complexity index is 542. The summed E-state index contributed by atoms with van der Waals surface area (Å²) in [6.45, 7) is 8.93. The maximum absolute atomic E-state index is 11.9. The Kier molecular flexibility index (Phi) is 3.78. The molecule has 2 heteroatoms. The number of carboxylic acid groups (broad SMARTS) is 1. The van der Waals surface area contributed by atoms with Crippen LogP contribution in [0.3, 0.4) is 0 Å². The minimum absolute atomic E-state index is 0.161. The number of carboxylic acids is 1. The number of rotatable bonds is 2. The first-order chi connectivity index (χ1) is 10.3. The Hall–Kier alpha value is -1.05. The monoisotopic (exact) mass is 302 g/mol. The number of allylic oxidation sites excluding steroid dienone is 4. The third-order valence-electron chi connectivity index (χ3n) is 7.07. The molecule has 0 radical (unpaired) electrons. The summed E-state index contributed by atoms with van der Waals surface area (Å²) in [5.41, 5.74) is 2.69. The molecule has 0 aliphatic heterocycles. The molecule has 0 heterocycles. The van der Waals surface area contributed by atoms with Crippen LogP contribution in [-0.4, -0.2) is 11.1 Å². The molecular formula is C20H30O2. The fourth-order valence-corrected chi connectivity index (χ4v) is 5.60. The summed E-state index contributed by atoms with van der Waals surface area (Å²) in [7, 11) is 0. The molecule has 0 amide bonds. The third kappa shape index (κ3) is 2.18. The van der Waals surface area contributed by atoms with E-state index in [1.807, 2.05) is 6.92 Å². The number of fused-ring (bicyclic) bond motifs is 3. The Morgan fingerprint density at radius 1 is 1.32 bits per heavy atom. The molecule has 3 rings (SSSR count). The Labute approximate surface area is 134 Å². The van der Waals surface area contributed by atoms with Crippen molar-refractivity contribution in [2.75, 3.05) is 0 Å². The highest BCUT2D eigenvalue weighted by atomic mass is 16.4. The van der Waals surface area contributed by atoms with Gasteiger partial charge >= 0.3 is 5.97 Å². The summed E-state index contributed by atoms with van der Waals surface area (Å²) in [6.07, 6.45) is 11.2. The average Bonchev–Trinajstić information content (AvgIpc) is 2.46. The lowest BCUT2D eigenvalue weighted by Gasteiger charge is -2.57. The van der Waals surface area contributed by atoms with Crippen molar-refractivity contribution >= 4 is 5.97 Å². The van der Waals surface area contributed by atoms with E-state index in [0.29, 0.717) is 11.8 Å². The minimum atomic E-state index is -0.588. The summed E-state index contributed by atoms with van der Waals surface area (Å²) in [5.74, 6) is 0.888. The first kappa shape index (κ1) is 15.8. The molecule has 4 atom stereocenters. The van der Waals surface area contributed by atoms with E-state index >= 15 is 0 Å². The van der Waals surface area contributed by atoms with Crippen LogP contribution in [0.25, 0.3) is 0 Å². The second-order valence-corrected chi connectivity index (χ2v) is 8.54. The molecule has 122 valence electrons. The van der Waals surface area contributed by atoms with Gasteiger partial charge in [0.15, 0.2) is 0 Å². The third-order valence-corrected chi connectivity index (χ3v) is 7.07. The van der Waals surface area contributed by atoms with Gasteiger partial charge in [0.2, 0.25) is 0 Å². The van der Waals surface area contributed by atoms with Crippen LogP contribution in [0, 0.1) is 28.6 Å². The molecule has 1 saturated carbocycles. The smallest absolute Gasteiger partial charge is 0.309 e. The second-order valence-electron chi connectivity index (χ2n) is 8.54. The van der Waals surface area contributed by atoms with E-state index in [9.17, 15) is 9.90 Å². The largest absolute Gasteiger partial charge is 0.481 e. The zero-order valence-electron chi connectivity index (χ0n) is 14.5. The van der Waals surface area contributed by atoms with Gasteiger partial charge in [0.25, 0.3) is 0 Å². The van der Waals surface area contributed by atoms with Gasteiger partial charge in [-0.1, -0.05) is 44.9 Å². The summed E-state index contributed by atoms with van der Waals surface area (Å²) in [4.78, 5) is 11.9. The van der Waals surface area contributed by atoms with E-state index in [-0.39, 0.29) is 11.3 Å². The summed E-state index contributed by atoms with van der Waals surface area (Å²) in [6, 6.07) is 0. The normalized spacial score (nSPS) is 41.3. The molecule has 1 fully saturated rings. The lowest BCUT2D eigenvalue weighted by molar-refractivity contribution is -0.162. The molecular weight excluding hydrogens is 272 g/mol. The van der Waals surface area contributed by atoms with Crippen molar-refractivity contribution in [1.29, 1.82) is 0 Å². The second kappa shape index (κ2) is 5.25. The first-order valence-corrected chi connectivity index (χ1v) is 8.93. The van der Waals surface area contributed by atoms with E-state index in [0.717, 1.165) is 19.3 Å². The lowest BCUT2D eigenvalue weighted by atomic mass is 9.47. The molecule has 0 unspecified atom stereocenters. The number of aliphatic carboxylic acids is 1. The molecule has 0 aromatic carbocycles. The zero-order valence-corrected chi connectivity index (χ0v) is 14.5. The maximum atomic E-state index is 11.9. The number of hydrogen-bond acceptors (Lipinski definition) is 1. The topological polar surface area (TPSA) is 37.3 Å². The Morgan fingerprint density at radius 3 is 2.68 bits per heavy atom. The fourth-order valence-electron chi connectivity index (χ4n) is 5.60. The van der Waals surface area contributed by atoms with Crippen LogP contribution < -0.4 is 0 Å². The first-order valence-electron chi connectivity index (χ1n) is 8.93. The molecule has 0 aromatic rings. The highest BCUT2D eigenvalue weighted by Crippen LogP contribution is 2.62. The molecule has 0 bridgehead atoms. The van der Waals surface area contributed by atoms with E-state index in [1.165, 1.54) is 24.8 Å². The number of hydrogen-bond donors (Lipinski definition) is 1. The standard InChI is InChI=1S/C20H30O2/c1-13(2)14-6-8-16-15(12-14)7-9-17-19(16,3)10-5-11-20(17,4)18(21)22/h7,12-13,16-17H,5-6,8-11H2,1-4H3,(H,21,22)/t16-,17-,19+,20+/m0/s1. The van der Waals surface area contributed by atoms with Gasteiger partial charge in [-0.2, -0.15) is 0 Å². The average molecular weight is 302 g/mol. The van der Waals surface area contributed by atoms with Crippen LogP contribution in [0.5, 0.6) is 0 Å². The zero-order chi connectivity index (χ0) is 16.1. The van der Waals surface area contributed by atoms with Crippen molar-refractivity contribution in [3.63, 3.8) is 0 Å². The van der Waals surface area contributed by atoms with Crippen molar-refractivity contribution in [3.05, 3.63) is 23.3 Å². The minimum Gasteiger partial charge on any atom is -0.481 e. The summed E-state index contributed by atoms with van der Waals surface area (Å²) >= 11 is 0. The highest BCUT2D eigenvalue weighted by molar-refractivity contribution is 5.75. The van der Waals surface area contributed by atoms with Crippen molar-refractivity contribution in [2.45, 2.75) is 66.2 Å². The van der Waals surface area contributed by atoms with Gasteiger partial charge in [-0.05, 0) is 67.8 Å². The maximum Gasteiger partial charge on any atom is 0.309 e. The summed E-state index contributed by atoms with van der Waals surface area (Å²) in [5, 5.41) is 9.83. The molecule has 22 heavy (non-hydrogen) atoms. The Balaban J connectivity index is 2.00. The molecule has 3 aliphatic carbocycles. The van der Waals surface area contributed by atoms with Crippen LogP contribution in [0.2, 0.25) is 0 Å². The van der Waals surface area contributed by atoms with Crippen LogP contribution in [-0.2, 0) is 4.79 Å². The van der Waals surface area contributed by atoms with Crippen molar-refractivity contribution < 1.29 is 9.90 Å². The molecule has 0 aromatic heterocycles. The van der Waals surface area contributed by atoms with Crippen LogP contribution in [0.1, 0.15) is 66.2 Å². The van der Waals surface area contributed by atoms with Crippen LogP contribution >= 0.6 is 0 Å². The van der Waals surface area contributed by atoms with E-state index in [1.54, 1.807) is 5.57 Å². The lowest BCUT2D eigenvalue weighted by Crippen LogP contribution is -2.53. The van der Waals surface area contributed by atoms with Gasteiger partial charge in [-0.15, -0.1) is 0 Å². The van der Waals surface area contributed by atoms with Gasteiger partial charge in [-0.3, -0.25) is 4.79 Å². The highest BCUT2D eigenvalue weighted by Gasteiger charge is 2.57.